The van der Waals surface area contributed by atoms with Crippen molar-refractivity contribution in [3.8, 4) is 11.5 Å². The number of ketones is 1. The predicted octanol–water partition coefficient (Wildman–Crippen LogP) is -1.26. The molecule has 2 rings (SSSR count). The largest absolute Gasteiger partial charge is 1.00 e. The van der Waals surface area contributed by atoms with E-state index in [0.29, 0.717) is 29.0 Å². The molecule has 0 saturated heterocycles. The number of carbonyl (C=O) groups excluding carboxylic acids is 1. The van der Waals surface area contributed by atoms with Gasteiger partial charge in [0.15, 0.2) is 11.5 Å². The van der Waals surface area contributed by atoms with Crippen molar-refractivity contribution in [1.29, 1.82) is 0 Å². The minimum absolute atomic E-state index is 0. The van der Waals surface area contributed by atoms with Crippen LogP contribution in [0.4, 0.5) is 0 Å². The zero-order valence-electron chi connectivity index (χ0n) is 11.8. The zero-order chi connectivity index (χ0) is 13.3. The van der Waals surface area contributed by atoms with E-state index in [1.807, 2.05) is 40.2 Å². The lowest BCUT2D eigenvalue weighted by Gasteiger charge is -2.30. The molecule has 1 heterocycles. The van der Waals surface area contributed by atoms with Gasteiger partial charge in [-0.1, -0.05) is 0 Å². The molecule has 0 aliphatic carbocycles. The van der Waals surface area contributed by atoms with E-state index >= 15 is 0 Å². The van der Waals surface area contributed by atoms with Gasteiger partial charge >= 0.3 is 0 Å². The zero-order valence-corrected chi connectivity index (χ0v) is 13.9. The molecule has 0 bridgehead atoms. The van der Waals surface area contributed by atoms with Crippen LogP contribution >= 0.6 is 0 Å². The van der Waals surface area contributed by atoms with E-state index in [4.69, 9.17) is 9.47 Å². The van der Waals surface area contributed by atoms with E-state index in [0.717, 1.165) is 5.75 Å². The van der Waals surface area contributed by atoms with Gasteiger partial charge in [0.05, 0.1) is 21.1 Å². The van der Waals surface area contributed by atoms with Crippen LogP contribution in [0.25, 0.3) is 0 Å². The third-order valence-electron chi connectivity index (χ3n) is 3.37. The molecule has 1 aliphatic rings. The standard InChI is InChI=1S/C14H20NO3.HI/c1-10(15(2,3)4)14(16)11-5-6-12-13(9-11)18-8-7-17-12;/h5-6,9-10H,7-8H2,1-4H3;1H/q+1;/p-1. The Bertz CT molecular complexity index is 468. The maximum Gasteiger partial charge on any atom is 0.219 e. The summed E-state index contributed by atoms with van der Waals surface area (Å²) < 4.78 is 11.5. The van der Waals surface area contributed by atoms with E-state index in [1.165, 1.54) is 0 Å². The van der Waals surface area contributed by atoms with Crippen molar-refractivity contribution in [1.82, 2.24) is 0 Å². The van der Waals surface area contributed by atoms with E-state index in [1.54, 1.807) is 6.07 Å². The molecule has 0 fully saturated rings. The molecule has 1 aromatic carbocycles. The molecule has 106 valence electrons. The Labute approximate surface area is 131 Å². The van der Waals surface area contributed by atoms with Gasteiger partial charge in [-0.2, -0.15) is 0 Å². The number of carbonyl (C=O) groups is 1. The normalized spacial score (nSPS) is 15.4. The summed E-state index contributed by atoms with van der Waals surface area (Å²) in [5.41, 5.74) is 0.680. The molecule has 1 unspecified atom stereocenters. The number of likely N-dealkylation sites (N-methyl/N-ethyl adjacent to an activating group) is 1. The van der Waals surface area contributed by atoms with Crippen LogP contribution < -0.4 is 33.5 Å². The maximum absolute atomic E-state index is 12.4. The van der Waals surface area contributed by atoms with Crippen LogP contribution in [0.15, 0.2) is 18.2 Å². The Kier molecular flexibility index (Phi) is 5.20. The number of Topliss-reactive ketones (excluding diaryl/α,β-unsaturated/α-hetero) is 1. The first-order valence-corrected chi connectivity index (χ1v) is 6.14. The number of hydrogen-bond donors (Lipinski definition) is 0. The van der Waals surface area contributed by atoms with E-state index < -0.39 is 0 Å². The van der Waals surface area contributed by atoms with E-state index in [9.17, 15) is 4.79 Å². The van der Waals surface area contributed by atoms with Crippen LogP contribution in [-0.2, 0) is 0 Å². The Hall–Kier alpha value is -0.820. The molecule has 1 aliphatic heterocycles. The van der Waals surface area contributed by atoms with Gasteiger partial charge in [0.1, 0.15) is 19.3 Å². The molecule has 1 atom stereocenters. The molecular weight excluding hydrogens is 357 g/mol. The van der Waals surface area contributed by atoms with Gasteiger partial charge in [-0.15, -0.1) is 0 Å². The molecule has 0 radical (unpaired) electrons. The third-order valence-corrected chi connectivity index (χ3v) is 3.37. The Balaban J connectivity index is 0.00000180. The highest BCUT2D eigenvalue weighted by molar-refractivity contribution is 5.99. The number of fused-ring (bicyclic) bond motifs is 1. The highest BCUT2D eigenvalue weighted by atomic mass is 127. The summed E-state index contributed by atoms with van der Waals surface area (Å²) in [5, 5.41) is 0. The highest BCUT2D eigenvalue weighted by Crippen LogP contribution is 2.31. The van der Waals surface area contributed by atoms with Gasteiger partial charge in [-0.05, 0) is 25.1 Å². The lowest BCUT2D eigenvalue weighted by Crippen LogP contribution is -3.00. The molecule has 19 heavy (non-hydrogen) atoms. The molecule has 1 aromatic rings. The van der Waals surface area contributed by atoms with Crippen molar-refractivity contribution in [2.24, 2.45) is 0 Å². The van der Waals surface area contributed by atoms with Crippen LogP contribution in [0.2, 0.25) is 0 Å². The number of ether oxygens (including phenoxy) is 2. The lowest BCUT2D eigenvalue weighted by atomic mass is 10.0. The smallest absolute Gasteiger partial charge is 0.219 e. The second-order valence-electron chi connectivity index (χ2n) is 5.51. The monoisotopic (exact) mass is 377 g/mol. The second kappa shape index (κ2) is 6.09. The fraction of sp³-hybridized carbons (Fsp3) is 0.500. The van der Waals surface area contributed by atoms with Crippen LogP contribution in [0.1, 0.15) is 17.3 Å². The minimum Gasteiger partial charge on any atom is -1.00 e. The van der Waals surface area contributed by atoms with Crippen molar-refractivity contribution < 1.29 is 42.7 Å². The van der Waals surface area contributed by atoms with Gasteiger partial charge < -0.3 is 37.9 Å². The van der Waals surface area contributed by atoms with Gasteiger partial charge in [0, 0.05) is 5.56 Å². The first kappa shape index (κ1) is 16.2. The average Bonchev–Trinajstić information content (AvgIpc) is 2.35. The van der Waals surface area contributed by atoms with Gasteiger partial charge in [-0.3, -0.25) is 4.79 Å². The van der Waals surface area contributed by atoms with E-state index in [2.05, 4.69) is 0 Å². The first-order chi connectivity index (χ1) is 8.39. The van der Waals surface area contributed by atoms with Crippen molar-refractivity contribution >= 4 is 5.78 Å². The number of hydrogen-bond acceptors (Lipinski definition) is 3. The summed E-state index contributed by atoms with van der Waals surface area (Å²) in [6, 6.07) is 5.31. The molecule has 0 spiro atoms. The average molecular weight is 377 g/mol. The number of rotatable bonds is 3. The summed E-state index contributed by atoms with van der Waals surface area (Å²) in [4.78, 5) is 12.4. The van der Waals surface area contributed by atoms with Crippen LogP contribution in [0, 0.1) is 0 Å². The molecule has 4 nitrogen and oxygen atoms in total. The van der Waals surface area contributed by atoms with Crippen molar-refractivity contribution in [2.45, 2.75) is 13.0 Å². The number of quaternary nitrogens is 1. The first-order valence-electron chi connectivity index (χ1n) is 6.14. The summed E-state index contributed by atoms with van der Waals surface area (Å²) >= 11 is 0. The second-order valence-corrected chi connectivity index (χ2v) is 5.51. The van der Waals surface area contributed by atoms with Gasteiger partial charge in [0.2, 0.25) is 5.78 Å². The summed E-state index contributed by atoms with van der Waals surface area (Å²) in [5.74, 6) is 1.51. The van der Waals surface area contributed by atoms with Crippen LogP contribution in [0.5, 0.6) is 11.5 Å². The van der Waals surface area contributed by atoms with E-state index in [-0.39, 0.29) is 35.8 Å². The number of benzene rings is 1. The summed E-state index contributed by atoms with van der Waals surface area (Å²) in [6.07, 6.45) is 0. The molecule has 0 aromatic heterocycles. The SMILES string of the molecule is CC(C(=O)c1ccc2c(c1)OCCO2)[N+](C)(C)C.[I-]. The summed E-state index contributed by atoms with van der Waals surface area (Å²) in [6.45, 7) is 3.05. The highest BCUT2D eigenvalue weighted by Gasteiger charge is 2.28. The van der Waals surface area contributed by atoms with Crippen molar-refractivity contribution in [2.75, 3.05) is 34.4 Å². The van der Waals surface area contributed by atoms with Crippen LogP contribution in [-0.4, -0.2) is 50.7 Å². The fourth-order valence-corrected chi connectivity index (χ4v) is 1.79. The lowest BCUT2D eigenvalue weighted by molar-refractivity contribution is -0.883. The van der Waals surface area contributed by atoms with Gasteiger partial charge in [0.25, 0.3) is 0 Å². The number of halogens is 1. The van der Waals surface area contributed by atoms with Gasteiger partial charge in [-0.25, -0.2) is 0 Å². The Morgan fingerprint density at radius 1 is 1.16 bits per heavy atom. The molecule has 5 heteroatoms. The molecule has 0 amide bonds. The van der Waals surface area contributed by atoms with Crippen molar-refractivity contribution in [3.05, 3.63) is 23.8 Å². The fourth-order valence-electron chi connectivity index (χ4n) is 1.79. The third kappa shape index (κ3) is 3.60. The molecular formula is C14H20INO3. The maximum atomic E-state index is 12.4. The van der Waals surface area contributed by atoms with Crippen molar-refractivity contribution in [3.63, 3.8) is 0 Å². The topological polar surface area (TPSA) is 35.5 Å². The number of nitrogens with zero attached hydrogens (tertiary/aromatic N) is 1. The molecule has 0 saturated carbocycles. The minimum atomic E-state index is -0.0902. The Morgan fingerprint density at radius 3 is 2.32 bits per heavy atom. The Morgan fingerprint density at radius 2 is 1.74 bits per heavy atom. The predicted molar refractivity (Wildman–Crippen MR) is 69.3 cm³/mol. The van der Waals surface area contributed by atoms with Crippen LogP contribution in [0.3, 0.4) is 0 Å². The quantitative estimate of drug-likeness (QED) is 0.375. The molecule has 0 N–H and O–H groups in total. The summed E-state index contributed by atoms with van der Waals surface area (Å²) in [7, 11) is 6.04.